The topological polar surface area (TPSA) is 59.3 Å². The smallest absolute Gasteiger partial charge is 0.303 e. The van der Waals surface area contributed by atoms with Crippen LogP contribution < -0.4 is 4.74 Å². The lowest BCUT2D eigenvalue weighted by Gasteiger charge is -2.15. The molecule has 1 aromatic rings. The number of rotatable bonds is 5. The second-order valence-corrected chi connectivity index (χ2v) is 3.61. The summed E-state index contributed by atoms with van der Waals surface area (Å²) >= 11 is 5.63. The zero-order chi connectivity index (χ0) is 12.7. The number of halogens is 1. The average molecular weight is 254 g/mol. The quantitative estimate of drug-likeness (QED) is 0.596. The molecule has 0 radical (unpaired) electrons. The number of nitriles is 1. The Morgan fingerprint density at radius 1 is 1.53 bits per heavy atom. The molecule has 0 bridgehead atoms. The standard InChI is InChI=1S/C12H12ClNO3/c1-9(15)17-11(6-13)8-16-12-5-3-2-4-10(12)7-14/h2-5,11H,6,8H2,1H3/t11-/m0/s1. The first-order valence-electron chi connectivity index (χ1n) is 5.02. The zero-order valence-corrected chi connectivity index (χ0v) is 10.1. The van der Waals surface area contributed by atoms with Crippen LogP contribution in [0.5, 0.6) is 5.75 Å². The summed E-state index contributed by atoms with van der Waals surface area (Å²) in [7, 11) is 0. The molecule has 0 aliphatic carbocycles. The Labute approximate surface area is 105 Å². The first kappa shape index (κ1) is 13.3. The number of hydrogen-bond acceptors (Lipinski definition) is 4. The van der Waals surface area contributed by atoms with E-state index in [1.807, 2.05) is 6.07 Å². The van der Waals surface area contributed by atoms with Crippen molar-refractivity contribution in [2.24, 2.45) is 0 Å². The summed E-state index contributed by atoms with van der Waals surface area (Å²) in [6.07, 6.45) is -0.513. The van der Waals surface area contributed by atoms with E-state index in [1.165, 1.54) is 6.92 Å². The van der Waals surface area contributed by atoms with Gasteiger partial charge in [-0.25, -0.2) is 0 Å². The molecule has 5 heteroatoms. The Morgan fingerprint density at radius 2 is 2.24 bits per heavy atom. The highest BCUT2D eigenvalue weighted by Crippen LogP contribution is 2.17. The first-order valence-corrected chi connectivity index (χ1v) is 5.56. The molecule has 1 aromatic carbocycles. The molecule has 17 heavy (non-hydrogen) atoms. The monoisotopic (exact) mass is 253 g/mol. The SMILES string of the molecule is CC(=O)O[C@@H](CCl)COc1ccccc1C#N. The van der Waals surface area contributed by atoms with Gasteiger partial charge in [-0.3, -0.25) is 4.79 Å². The van der Waals surface area contributed by atoms with Gasteiger partial charge in [0.2, 0.25) is 0 Å². The van der Waals surface area contributed by atoms with Crippen LogP contribution in [0.25, 0.3) is 0 Å². The molecular formula is C12H12ClNO3. The van der Waals surface area contributed by atoms with E-state index >= 15 is 0 Å². The Morgan fingerprint density at radius 3 is 2.82 bits per heavy atom. The van der Waals surface area contributed by atoms with Gasteiger partial charge in [0.1, 0.15) is 24.5 Å². The lowest BCUT2D eigenvalue weighted by atomic mass is 10.2. The number of nitrogens with zero attached hydrogens (tertiary/aromatic N) is 1. The lowest BCUT2D eigenvalue weighted by Crippen LogP contribution is -2.25. The minimum atomic E-state index is -0.513. The number of ether oxygens (including phenoxy) is 2. The Kier molecular flexibility index (Phi) is 5.31. The minimum absolute atomic E-state index is 0.127. The fourth-order valence-electron chi connectivity index (χ4n) is 1.21. The summed E-state index contributed by atoms with van der Waals surface area (Å²) in [5.74, 6) is 0.194. The summed E-state index contributed by atoms with van der Waals surface area (Å²) in [5, 5.41) is 8.84. The van der Waals surface area contributed by atoms with E-state index in [-0.39, 0.29) is 12.5 Å². The summed E-state index contributed by atoms with van der Waals surface area (Å²) in [6, 6.07) is 8.85. The van der Waals surface area contributed by atoms with Gasteiger partial charge in [-0.1, -0.05) is 12.1 Å². The van der Waals surface area contributed by atoms with Gasteiger partial charge in [0.05, 0.1) is 11.4 Å². The molecule has 0 unspecified atom stereocenters. The molecule has 0 saturated heterocycles. The minimum Gasteiger partial charge on any atom is -0.488 e. The van der Waals surface area contributed by atoms with Crippen molar-refractivity contribution >= 4 is 17.6 Å². The summed E-state index contributed by atoms with van der Waals surface area (Å²) in [4.78, 5) is 10.8. The largest absolute Gasteiger partial charge is 0.488 e. The van der Waals surface area contributed by atoms with E-state index < -0.39 is 12.1 Å². The van der Waals surface area contributed by atoms with Crippen LogP contribution in [0.4, 0.5) is 0 Å². The van der Waals surface area contributed by atoms with Gasteiger partial charge in [-0.05, 0) is 12.1 Å². The van der Waals surface area contributed by atoms with E-state index in [2.05, 4.69) is 0 Å². The van der Waals surface area contributed by atoms with Crippen molar-refractivity contribution in [1.29, 1.82) is 5.26 Å². The molecule has 0 N–H and O–H groups in total. The van der Waals surface area contributed by atoms with E-state index in [4.69, 9.17) is 26.3 Å². The van der Waals surface area contributed by atoms with Gasteiger partial charge in [0, 0.05) is 6.92 Å². The van der Waals surface area contributed by atoms with Crippen LogP contribution in [0.2, 0.25) is 0 Å². The maximum atomic E-state index is 10.8. The highest BCUT2D eigenvalue weighted by molar-refractivity contribution is 6.18. The van der Waals surface area contributed by atoms with Crippen molar-refractivity contribution in [2.75, 3.05) is 12.5 Å². The van der Waals surface area contributed by atoms with Gasteiger partial charge in [0.15, 0.2) is 0 Å². The lowest BCUT2D eigenvalue weighted by molar-refractivity contribution is -0.146. The molecule has 0 aromatic heterocycles. The van der Waals surface area contributed by atoms with Gasteiger partial charge in [-0.15, -0.1) is 11.6 Å². The van der Waals surface area contributed by atoms with E-state index in [0.717, 1.165) is 0 Å². The van der Waals surface area contributed by atoms with Gasteiger partial charge in [0.25, 0.3) is 0 Å². The molecule has 0 heterocycles. The van der Waals surface area contributed by atoms with E-state index in [9.17, 15) is 4.79 Å². The molecule has 0 aliphatic heterocycles. The van der Waals surface area contributed by atoms with Crippen molar-refractivity contribution in [2.45, 2.75) is 13.0 Å². The third-order valence-corrected chi connectivity index (χ3v) is 2.28. The number of carbonyl (C=O) groups excluding carboxylic acids is 1. The molecule has 1 rings (SSSR count). The summed E-state index contributed by atoms with van der Waals surface area (Å²) < 4.78 is 10.3. The number of esters is 1. The van der Waals surface area contributed by atoms with Crippen LogP contribution in [0, 0.1) is 11.3 Å². The van der Waals surface area contributed by atoms with Crippen molar-refractivity contribution < 1.29 is 14.3 Å². The second kappa shape index (κ2) is 6.77. The number of para-hydroxylation sites is 1. The molecule has 0 aliphatic rings. The molecule has 4 nitrogen and oxygen atoms in total. The highest BCUT2D eigenvalue weighted by Gasteiger charge is 2.12. The van der Waals surface area contributed by atoms with Crippen molar-refractivity contribution in [3.8, 4) is 11.8 Å². The predicted octanol–water partition coefficient (Wildman–Crippen LogP) is 2.11. The maximum Gasteiger partial charge on any atom is 0.303 e. The fraction of sp³-hybridized carbons (Fsp3) is 0.333. The van der Waals surface area contributed by atoms with Crippen LogP contribution >= 0.6 is 11.6 Å². The van der Waals surface area contributed by atoms with Crippen LogP contribution in [-0.4, -0.2) is 24.6 Å². The molecule has 90 valence electrons. The zero-order valence-electron chi connectivity index (χ0n) is 9.35. The average Bonchev–Trinajstić information content (AvgIpc) is 2.34. The molecule has 0 saturated carbocycles. The normalized spacial score (nSPS) is 11.4. The van der Waals surface area contributed by atoms with Crippen molar-refractivity contribution in [3.05, 3.63) is 29.8 Å². The molecule has 0 amide bonds. The summed E-state index contributed by atoms with van der Waals surface area (Å²) in [5.41, 5.74) is 0.434. The van der Waals surface area contributed by atoms with Crippen LogP contribution in [0.15, 0.2) is 24.3 Å². The van der Waals surface area contributed by atoms with Crippen molar-refractivity contribution in [3.63, 3.8) is 0 Å². The highest BCUT2D eigenvalue weighted by atomic mass is 35.5. The molecule has 1 atom stereocenters. The molecular weight excluding hydrogens is 242 g/mol. The van der Waals surface area contributed by atoms with Crippen molar-refractivity contribution in [1.82, 2.24) is 0 Å². The van der Waals surface area contributed by atoms with Gasteiger partial charge >= 0.3 is 5.97 Å². The molecule has 0 fully saturated rings. The number of hydrogen-bond donors (Lipinski definition) is 0. The third-order valence-electron chi connectivity index (χ3n) is 1.94. The number of benzene rings is 1. The Balaban J connectivity index is 2.60. The summed E-state index contributed by atoms with van der Waals surface area (Å²) in [6.45, 7) is 1.44. The predicted molar refractivity (Wildman–Crippen MR) is 62.9 cm³/mol. The van der Waals surface area contributed by atoms with Gasteiger partial charge < -0.3 is 9.47 Å². The van der Waals surface area contributed by atoms with Crippen LogP contribution in [-0.2, 0) is 9.53 Å². The number of alkyl halides is 1. The van der Waals surface area contributed by atoms with Gasteiger partial charge in [-0.2, -0.15) is 5.26 Å². The van der Waals surface area contributed by atoms with E-state index in [1.54, 1.807) is 24.3 Å². The second-order valence-electron chi connectivity index (χ2n) is 3.30. The molecule has 0 spiro atoms. The van der Waals surface area contributed by atoms with Crippen LogP contribution in [0.1, 0.15) is 12.5 Å². The Bertz CT molecular complexity index is 428. The Hall–Kier alpha value is -1.73. The van der Waals surface area contributed by atoms with Crippen LogP contribution in [0.3, 0.4) is 0 Å². The third kappa shape index (κ3) is 4.33. The maximum absolute atomic E-state index is 10.8. The number of carbonyl (C=O) groups is 1. The first-order chi connectivity index (χ1) is 8.17. The van der Waals surface area contributed by atoms with E-state index in [0.29, 0.717) is 11.3 Å². The fourth-order valence-corrected chi connectivity index (χ4v) is 1.36.